The van der Waals surface area contributed by atoms with E-state index >= 15 is 0 Å². The van der Waals surface area contributed by atoms with E-state index in [-0.39, 0.29) is 11.9 Å². The molecule has 1 aromatic heterocycles. The van der Waals surface area contributed by atoms with E-state index in [4.69, 9.17) is 0 Å². The van der Waals surface area contributed by atoms with Crippen LogP contribution in [-0.4, -0.2) is 34.6 Å². The van der Waals surface area contributed by atoms with Crippen molar-refractivity contribution in [3.8, 4) is 0 Å². The predicted molar refractivity (Wildman–Crippen MR) is 48.6 cm³/mol. The Morgan fingerprint density at radius 2 is 2.69 bits per heavy atom. The first kappa shape index (κ1) is 8.58. The van der Waals surface area contributed by atoms with Gasteiger partial charge in [0.2, 0.25) is 0 Å². The summed E-state index contributed by atoms with van der Waals surface area (Å²) in [5.41, 5.74) is 0. The molecule has 2 N–H and O–H groups in total. The molecule has 1 aliphatic heterocycles. The van der Waals surface area contributed by atoms with Crippen LogP contribution in [0.3, 0.4) is 0 Å². The van der Waals surface area contributed by atoms with Gasteiger partial charge in [0.1, 0.15) is 4.88 Å². The fraction of sp³-hybridized carbons (Fsp3) is 0.571. The van der Waals surface area contributed by atoms with Gasteiger partial charge in [-0.25, -0.2) is 0 Å². The molecule has 13 heavy (non-hydrogen) atoms. The maximum absolute atomic E-state index is 11.5. The Labute approximate surface area is 79.7 Å². The molecule has 1 aliphatic rings. The summed E-state index contributed by atoms with van der Waals surface area (Å²) in [4.78, 5) is 12.0. The molecule has 1 saturated heterocycles. The molecule has 1 atom stereocenters. The van der Waals surface area contributed by atoms with Gasteiger partial charge in [0, 0.05) is 12.6 Å². The molecule has 6 heteroatoms. The maximum Gasteiger partial charge on any atom is 0.264 e. The number of hydrogen-bond donors (Lipinski definition) is 2. The summed E-state index contributed by atoms with van der Waals surface area (Å²) in [5.74, 6) is -0.0660. The zero-order valence-electron chi connectivity index (χ0n) is 6.99. The topological polar surface area (TPSA) is 66.9 Å². The Bertz CT molecular complexity index is 281. The van der Waals surface area contributed by atoms with Crippen LogP contribution in [0.1, 0.15) is 16.1 Å². The molecule has 5 nitrogen and oxygen atoms in total. The molecule has 0 aromatic carbocycles. The molecule has 70 valence electrons. The zero-order valence-corrected chi connectivity index (χ0v) is 7.80. The molecule has 0 saturated carbocycles. The van der Waals surface area contributed by atoms with Crippen molar-refractivity contribution < 1.29 is 4.79 Å². The van der Waals surface area contributed by atoms with Gasteiger partial charge in [-0.15, -0.1) is 5.10 Å². The van der Waals surface area contributed by atoms with Crippen LogP contribution in [0.5, 0.6) is 0 Å². The molecule has 0 aliphatic carbocycles. The number of carbonyl (C=O) groups is 1. The molecular weight excluding hydrogens is 188 g/mol. The second kappa shape index (κ2) is 3.80. The number of nitrogens with one attached hydrogen (secondary N) is 2. The molecule has 2 heterocycles. The smallest absolute Gasteiger partial charge is 0.264 e. The third-order valence-corrected chi connectivity index (χ3v) is 2.64. The minimum Gasteiger partial charge on any atom is -0.347 e. The van der Waals surface area contributed by atoms with Crippen LogP contribution in [0.25, 0.3) is 0 Å². The molecule has 0 spiro atoms. The third-order valence-electron chi connectivity index (χ3n) is 1.98. The van der Waals surface area contributed by atoms with Gasteiger partial charge in [-0.1, -0.05) is 4.49 Å². The Hall–Kier alpha value is -1.01. The van der Waals surface area contributed by atoms with Crippen molar-refractivity contribution in [3.05, 3.63) is 11.1 Å². The minimum atomic E-state index is -0.0660. The average Bonchev–Trinajstić information content (AvgIpc) is 2.74. The van der Waals surface area contributed by atoms with Gasteiger partial charge in [-0.05, 0) is 24.5 Å². The van der Waals surface area contributed by atoms with Gasteiger partial charge in [-0.2, -0.15) is 0 Å². The molecule has 1 fully saturated rings. The minimum absolute atomic E-state index is 0.0660. The molecule has 1 amide bonds. The van der Waals surface area contributed by atoms with Gasteiger partial charge < -0.3 is 10.6 Å². The number of nitrogens with zero attached hydrogens (tertiary/aromatic N) is 2. The highest BCUT2D eigenvalue weighted by atomic mass is 32.1. The first-order chi connectivity index (χ1) is 6.36. The Morgan fingerprint density at radius 3 is 3.31 bits per heavy atom. The second-order valence-corrected chi connectivity index (χ2v) is 3.73. The summed E-state index contributed by atoms with van der Waals surface area (Å²) in [7, 11) is 0. The van der Waals surface area contributed by atoms with Crippen molar-refractivity contribution in [2.24, 2.45) is 0 Å². The molecule has 1 aromatic rings. The Kier molecular flexibility index (Phi) is 2.51. The van der Waals surface area contributed by atoms with Crippen molar-refractivity contribution >= 4 is 17.4 Å². The monoisotopic (exact) mass is 198 g/mol. The average molecular weight is 198 g/mol. The van der Waals surface area contributed by atoms with Crippen molar-refractivity contribution in [3.63, 3.8) is 0 Å². The van der Waals surface area contributed by atoms with Crippen LogP contribution in [-0.2, 0) is 0 Å². The number of amides is 1. The lowest BCUT2D eigenvalue weighted by Gasteiger charge is -2.08. The van der Waals surface area contributed by atoms with Gasteiger partial charge in [-0.3, -0.25) is 4.79 Å². The van der Waals surface area contributed by atoms with Gasteiger partial charge in [0.05, 0.1) is 6.20 Å². The second-order valence-electron chi connectivity index (χ2n) is 2.94. The first-order valence-corrected chi connectivity index (χ1v) is 4.92. The van der Waals surface area contributed by atoms with Crippen LogP contribution in [0, 0.1) is 0 Å². The standard InChI is InChI=1S/C7H10N4OS/c12-7(6-4-9-11-13-6)10-5-1-2-8-3-5/h4-5,8H,1-3H2,(H,10,12). The largest absolute Gasteiger partial charge is 0.347 e. The highest BCUT2D eigenvalue weighted by Gasteiger charge is 2.18. The summed E-state index contributed by atoms with van der Waals surface area (Å²) >= 11 is 1.12. The van der Waals surface area contributed by atoms with E-state index in [1.165, 1.54) is 6.20 Å². The van der Waals surface area contributed by atoms with E-state index in [1.807, 2.05) is 0 Å². The van der Waals surface area contributed by atoms with E-state index in [2.05, 4.69) is 20.2 Å². The molecule has 0 bridgehead atoms. The SMILES string of the molecule is O=C(NC1CCNC1)c1cnns1. The Morgan fingerprint density at radius 1 is 1.77 bits per heavy atom. The predicted octanol–water partition coefficient (Wildman–Crippen LogP) is -0.370. The number of carbonyl (C=O) groups excluding carboxylic acids is 1. The molecule has 1 unspecified atom stereocenters. The van der Waals surface area contributed by atoms with Crippen molar-refractivity contribution in [2.75, 3.05) is 13.1 Å². The lowest BCUT2D eigenvalue weighted by atomic mass is 10.2. The summed E-state index contributed by atoms with van der Waals surface area (Å²) in [5, 5.41) is 9.70. The van der Waals surface area contributed by atoms with Gasteiger partial charge >= 0.3 is 0 Å². The first-order valence-electron chi connectivity index (χ1n) is 4.15. The van der Waals surface area contributed by atoms with Crippen molar-refractivity contribution in [2.45, 2.75) is 12.5 Å². The van der Waals surface area contributed by atoms with Crippen molar-refractivity contribution in [1.29, 1.82) is 0 Å². The summed E-state index contributed by atoms with van der Waals surface area (Å²) < 4.78 is 3.63. The number of aromatic nitrogens is 2. The summed E-state index contributed by atoms with van der Waals surface area (Å²) in [6.45, 7) is 1.84. The number of rotatable bonds is 2. The molecule has 2 rings (SSSR count). The fourth-order valence-corrected chi connectivity index (χ4v) is 1.72. The highest BCUT2D eigenvalue weighted by Crippen LogP contribution is 2.04. The summed E-state index contributed by atoms with van der Waals surface area (Å²) in [6, 6.07) is 0.259. The summed E-state index contributed by atoms with van der Waals surface area (Å²) in [6.07, 6.45) is 2.49. The van der Waals surface area contributed by atoms with Gasteiger partial charge in [0.15, 0.2) is 0 Å². The van der Waals surface area contributed by atoms with Crippen LogP contribution in [0.2, 0.25) is 0 Å². The van der Waals surface area contributed by atoms with Crippen molar-refractivity contribution in [1.82, 2.24) is 20.2 Å². The molecular formula is C7H10N4OS. The zero-order chi connectivity index (χ0) is 9.10. The highest BCUT2D eigenvalue weighted by molar-refractivity contribution is 7.07. The normalized spacial score (nSPS) is 21.7. The lowest BCUT2D eigenvalue weighted by Crippen LogP contribution is -2.35. The lowest BCUT2D eigenvalue weighted by molar-refractivity contribution is 0.0944. The van der Waals surface area contributed by atoms with E-state index in [1.54, 1.807) is 0 Å². The quantitative estimate of drug-likeness (QED) is 0.680. The van der Waals surface area contributed by atoms with E-state index < -0.39 is 0 Å². The van der Waals surface area contributed by atoms with E-state index in [0.29, 0.717) is 4.88 Å². The maximum atomic E-state index is 11.5. The van der Waals surface area contributed by atoms with Gasteiger partial charge in [0.25, 0.3) is 5.91 Å². The van der Waals surface area contributed by atoms with E-state index in [9.17, 15) is 4.79 Å². The van der Waals surface area contributed by atoms with Crippen LogP contribution in [0.4, 0.5) is 0 Å². The van der Waals surface area contributed by atoms with Crippen LogP contribution < -0.4 is 10.6 Å². The van der Waals surface area contributed by atoms with Crippen LogP contribution in [0.15, 0.2) is 6.20 Å². The Balaban J connectivity index is 1.91. The van der Waals surface area contributed by atoms with Crippen LogP contribution >= 0.6 is 11.5 Å². The fourth-order valence-electron chi connectivity index (χ4n) is 1.30. The number of hydrogen-bond acceptors (Lipinski definition) is 5. The molecule has 0 radical (unpaired) electrons. The third kappa shape index (κ3) is 2.02. The van der Waals surface area contributed by atoms with E-state index in [0.717, 1.165) is 31.0 Å².